The van der Waals surface area contributed by atoms with Gasteiger partial charge in [-0.25, -0.2) is 0 Å². The Balaban J connectivity index is 1.26. The number of hydrogen-bond donors (Lipinski definition) is 1. The predicted octanol–water partition coefficient (Wildman–Crippen LogP) is 3.40. The molecule has 0 radical (unpaired) electrons. The number of para-hydroxylation sites is 1. The average molecular weight is 402 g/mol. The third-order valence-corrected chi connectivity index (χ3v) is 6.41. The first-order valence-corrected chi connectivity index (χ1v) is 10.8. The molecule has 1 N–H and O–H groups in total. The van der Waals surface area contributed by atoms with Crippen LogP contribution < -0.4 is 5.32 Å². The van der Waals surface area contributed by atoms with Gasteiger partial charge in [0.2, 0.25) is 5.82 Å². The molecule has 1 saturated heterocycles. The van der Waals surface area contributed by atoms with Gasteiger partial charge in [0.05, 0.1) is 0 Å². The van der Waals surface area contributed by atoms with Crippen LogP contribution in [0.15, 0.2) is 54.6 Å². The lowest BCUT2D eigenvalue weighted by molar-refractivity contribution is 0.100. The van der Waals surface area contributed by atoms with Gasteiger partial charge in [-0.3, -0.25) is 9.69 Å². The van der Waals surface area contributed by atoms with Crippen LogP contribution in [0.3, 0.4) is 0 Å². The highest BCUT2D eigenvalue weighted by molar-refractivity contribution is 6.01. The van der Waals surface area contributed by atoms with E-state index in [-0.39, 0.29) is 5.91 Å². The maximum atomic E-state index is 12.8. The fourth-order valence-electron chi connectivity index (χ4n) is 4.77. The Morgan fingerprint density at radius 1 is 0.967 bits per heavy atom. The summed E-state index contributed by atoms with van der Waals surface area (Å²) in [5, 5.41) is 11.5. The maximum Gasteiger partial charge on any atom is 0.293 e. The van der Waals surface area contributed by atoms with Crippen molar-refractivity contribution < 1.29 is 4.79 Å². The summed E-state index contributed by atoms with van der Waals surface area (Å²) in [7, 11) is 0. The molecule has 1 aromatic heterocycles. The molecule has 2 unspecified atom stereocenters. The standard InChI is InChI=1S/C24H27N5O/c1-2-17-8-10-18(11-9-17)13-28-14-19-12-22-26-27-23(29(22)16-20(19)15-28)24(30)25-21-6-4-3-5-7-21/h3-11,19-20H,2,12-16H2,1H3,(H,25,30). The van der Waals surface area contributed by atoms with Gasteiger partial charge in [0.1, 0.15) is 5.82 Å². The highest BCUT2D eigenvalue weighted by Crippen LogP contribution is 2.33. The number of hydrogen-bond acceptors (Lipinski definition) is 4. The smallest absolute Gasteiger partial charge is 0.293 e. The van der Waals surface area contributed by atoms with Crippen LogP contribution in [-0.2, 0) is 25.9 Å². The number of aryl methyl sites for hydroxylation is 1. The fraction of sp³-hybridized carbons (Fsp3) is 0.375. The Morgan fingerprint density at radius 3 is 2.47 bits per heavy atom. The lowest BCUT2D eigenvalue weighted by Gasteiger charge is -2.25. The van der Waals surface area contributed by atoms with Gasteiger partial charge in [0.25, 0.3) is 5.91 Å². The second kappa shape index (κ2) is 8.03. The van der Waals surface area contributed by atoms with Gasteiger partial charge in [-0.05, 0) is 41.5 Å². The van der Waals surface area contributed by atoms with E-state index < -0.39 is 0 Å². The molecule has 0 spiro atoms. The summed E-state index contributed by atoms with van der Waals surface area (Å²) in [6, 6.07) is 18.5. The number of nitrogens with zero attached hydrogens (tertiary/aromatic N) is 4. The summed E-state index contributed by atoms with van der Waals surface area (Å²) >= 11 is 0. The van der Waals surface area contributed by atoms with Crippen molar-refractivity contribution in [2.24, 2.45) is 11.8 Å². The number of likely N-dealkylation sites (tertiary alicyclic amines) is 1. The lowest BCUT2D eigenvalue weighted by Crippen LogP contribution is -2.31. The molecule has 2 aliphatic heterocycles. The van der Waals surface area contributed by atoms with Crippen LogP contribution in [0, 0.1) is 11.8 Å². The molecule has 2 atom stereocenters. The van der Waals surface area contributed by atoms with Crippen molar-refractivity contribution in [3.8, 4) is 0 Å². The quantitative estimate of drug-likeness (QED) is 0.712. The lowest BCUT2D eigenvalue weighted by atomic mass is 9.89. The van der Waals surface area contributed by atoms with E-state index in [1.165, 1.54) is 11.1 Å². The van der Waals surface area contributed by atoms with Gasteiger partial charge in [-0.2, -0.15) is 0 Å². The predicted molar refractivity (Wildman–Crippen MR) is 116 cm³/mol. The first kappa shape index (κ1) is 19.0. The molecule has 5 rings (SSSR count). The van der Waals surface area contributed by atoms with Gasteiger partial charge in [0.15, 0.2) is 0 Å². The molecule has 2 aromatic carbocycles. The summed E-state index contributed by atoms with van der Waals surface area (Å²) in [6.45, 7) is 6.12. The highest BCUT2D eigenvalue weighted by Gasteiger charge is 2.39. The summed E-state index contributed by atoms with van der Waals surface area (Å²) in [6.07, 6.45) is 1.97. The second-order valence-electron chi connectivity index (χ2n) is 8.46. The van der Waals surface area contributed by atoms with Gasteiger partial charge in [-0.15, -0.1) is 10.2 Å². The molecule has 1 amide bonds. The minimum Gasteiger partial charge on any atom is -0.319 e. The van der Waals surface area contributed by atoms with E-state index in [1.54, 1.807) is 0 Å². The van der Waals surface area contributed by atoms with Crippen molar-refractivity contribution in [2.45, 2.75) is 32.9 Å². The minimum absolute atomic E-state index is 0.190. The van der Waals surface area contributed by atoms with Gasteiger partial charge in [-0.1, -0.05) is 49.4 Å². The molecular formula is C24H27N5O. The SMILES string of the molecule is CCc1ccc(CN2CC3Cc4nnc(C(=O)Nc5ccccc5)n4CC3C2)cc1. The van der Waals surface area contributed by atoms with E-state index in [1.807, 2.05) is 34.9 Å². The van der Waals surface area contributed by atoms with E-state index >= 15 is 0 Å². The van der Waals surface area contributed by atoms with E-state index in [0.717, 1.165) is 50.5 Å². The largest absolute Gasteiger partial charge is 0.319 e. The number of carbonyl (C=O) groups is 1. The van der Waals surface area contributed by atoms with E-state index in [9.17, 15) is 4.79 Å². The number of nitrogens with one attached hydrogen (secondary N) is 1. The molecule has 2 aliphatic rings. The molecule has 1 fully saturated rings. The summed E-state index contributed by atoms with van der Waals surface area (Å²) in [5.74, 6) is 2.28. The Labute approximate surface area is 176 Å². The molecule has 30 heavy (non-hydrogen) atoms. The van der Waals surface area contributed by atoms with E-state index in [4.69, 9.17) is 0 Å². The Morgan fingerprint density at radius 2 is 1.70 bits per heavy atom. The van der Waals surface area contributed by atoms with Crippen LogP contribution in [0.25, 0.3) is 0 Å². The number of amides is 1. The number of benzene rings is 2. The van der Waals surface area contributed by atoms with Crippen molar-refractivity contribution >= 4 is 11.6 Å². The monoisotopic (exact) mass is 401 g/mol. The fourth-order valence-corrected chi connectivity index (χ4v) is 4.77. The zero-order valence-electron chi connectivity index (χ0n) is 17.3. The third-order valence-electron chi connectivity index (χ3n) is 6.41. The molecule has 6 nitrogen and oxygen atoms in total. The van der Waals surface area contributed by atoms with Crippen LogP contribution in [0.2, 0.25) is 0 Å². The van der Waals surface area contributed by atoms with Crippen molar-refractivity contribution in [1.29, 1.82) is 0 Å². The molecule has 6 heteroatoms. The third kappa shape index (κ3) is 3.75. The molecule has 3 heterocycles. The normalized spacial score (nSPS) is 20.6. The Bertz CT molecular complexity index is 1030. The minimum atomic E-state index is -0.190. The number of anilines is 1. The number of aromatic nitrogens is 3. The van der Waals surface area contributed by atoms with Crippen molar-refractivity contribution in [2.75, 3.05) is 18.4 Å². The van der Waals surface area contributed by atoms with Gasteiger partial charge >= 0.3 is 0 Å². The zero-order valence-corrected chi connectivity index (χ0v) is 17.3. The second-order valence-corrected chi connectivity index (χ2v) is 8.46. The van der Waals surface area contributed by atoms with Crippen LogP contribution in [-0.4, -0.2) is 38.7 Å². The van der Waals surface area contributed by atoms with Gasteiger partial charge in [0, 0.05) is 38.3 Å². The number of rotatable bonds is 5. The Hall–Kier alpha value is -2.99. The molecule has 3 aromatic rings. The van der Waals surface area contributed by atoms with Crippen LogP contribution in [0.5, 0.6) is 0 Å². The molecule has 154 valence electrons. The molecule has 0 bridgehead atoms. The van der Waals surface area contributed by atoms with Crippen molar-refractivity contribution in [1.82, 2.24) is 19.7 Å². The van der Waals surface area contributed by atoms with Crippen LogP contribution in [0.4, 0.5) is 5.69 Å². The zero-order chi connectivity index (χ0) is 20.5. The number of fused-ring (bicyclic) bond motifs is 2. The summed E-state index contributed by atoms with van der Waals surface area (Å²) in [4.78, 5) is 15.3. The maximum absolute atomic E-state index is 12.8. The molecular weight excluding hydrogens is 374 g/mol. The first-order chi connectivity index (χ1) is 14.7. The van der Waals surface area contributed by atoms with Crippen LogP contribution >= 0.6 is 0 Å². The summed E-state index contributed by atoms with van der Waals surface area (Å²) < 4.78 is 2.03. The summed E-state index contributed by atoms with van der Waals surface area (Å²) in [5.41, 5.74) is 3.52. The highest BCUT2D eigenvalue weighted by atomic mass is 16.2. The van der Waals surface area contributed by atoms with Crippen LogP contribution in [0.1, 0.15) is 34.5 Å². The first-order valence-electron chi connectivity index (χ1n) is 10.8. The van der Waals surface area contributed by atoms with Gasteiger partial charge < -0.3 is 9.88 Å². The number of carbonyl (C=O) groups excluding carboxylic acids is 1. The topological polar surface area (TPSA) is 63.1 Å². The Kier molecular flexibility index (Phi) is 5.09. The van der Waals surface area contributed by atoms with E-state index in [0.29, 0.717) is 17.7 Å². The van der Waals surface area contributed by atoms with E-state index in [2.05, 4.69) is 51.6 Å². The van der Waals surface area contributed by atoms with Crippen molar-refractivity contribution in [3.63, 3.8) is 0 Å². The average Bonchev–Trinajstić information content (AvgIpc) is 3.36. The molecule has 0 aliphatic carbocycles. The molecule has 0 saturated carbocycles. The van der Waals surface area contributed by atoms with Crippen molar-refractivity contribution in [3.05, 3.63) is 77.4 Å².